The van der Waals surface area contributed by atoms with Gasteiger partial charge in [-0.25, -0.2) is 4.79 Å². The highest BCUT2D eigenvalue weighted by Gasteiger charge is 2.25. The van der Waals surface area contributed by atoms with Gasteiger partial charge in [0.15, 0.2) is 6.29 Å². The number of carbonyl (C=O) groups is 2. The van der Waals surface area contributed by atoms with Crippen LogP contribution in [0.2, 0.25) is 0 Å². The van der Waals surface area contributed by atoms with Gasteiger partial charge in [-0.1, -0.05) is 30.3 Å². The van der Waals surface area contributed by atoms with Gasteiger partial charge in [0.2, 0.25) is 0 Å². The van der Waals surface area contributed by atoms with Crippen molar-refractivity contribution in [3.63, 3.8) is 0 Å². The van der Waals surface area contributed by atoms with Crippen LogP contribution in [0.3, 0.4) is 0 Å². The van der Waals surface area contributed by atoms with Crippen molar-refractivity contribution in [1.82, 2.24) is 0 Å². The largest absolute Gasteiger partial charge is 0.356 e. The maximum Gasteiger partial charge on any atom is 0.356 e. The number of nitrogen functional groups attached to an aromatic ring is 1. The smallest absolute Gasteiger partial charge is 0.338 e. The van der Waals surface area contributed by atoms with E-state index in [1.54, 1.807) is 6.07 Å². The lowest BCUT2D eigenvalue weighted by atomic mass is 10.2. The highest BCUT2D eigenvalue weighted by molar-refractivity contribution is 7.87. The van der Waals surface area contributed by atoms with Crippen LogP contribution in [-0.2, 0) is 14.3 Å². The van der Waals surface area contributed by atoms with Crippen molar-refractivity contribution in [1.29, 1.82) is 0 Å². The van der Waals surface area contributed by atoms with Crippen molar-refractivity contribution < 1.29 is 22.2 Å². The Morgan fingerprint density at radius 2 is 1.73 bits per heavy atom. The third kappa shape index (κ3) is 3.13. The summed E-state index contributed by atoms with van der Waals surface area (Å²) in [5, 5.41) is 0. The predicted octanol–water partition coefficient (Wildman–Crippen LogP) is 1.33. The topological polar surface area (TPSA) is 116 Å². The number of hydrogen-bond donors (Lipinski definition) is 2. The zero-order chi connectivity index (χ0) is 16.2. The van der Waals surface area contributed by atoms with Crippen LogP contribution in [0.25, 0.3) is 0 Å². The summed E-state index contributed by atoms with van der Waals surface area (Å²) in [5.41, 5.74) is 2.35. The molecule has 0 aliphatic heterocycles. The molecule has 2 aromatic carbocycles. The summed E-state index contributed by atoms with van der Waals surface area (Å²) in [6.07, 6.45) is 0.371. The number of aldehydes is 1. The first-order chi connectivity index (χ1) is 10.5. The van der Waals surface area contributed by atoms with Gasteiger partial charge in [-0.05, 0) is 18.2 Å². The molecule has 2 aromatic rings. The lowest BCUT2D eigenvalue weighted by Crippen LogP contribution is -2.18. The van der Waals surface area contributed by atoms with Gasteiger partial charge >= 0.3 is 16.1 Å². The fourth-order valence-corrected chi connectivity index (χ4v) is 2.81. The van der Waals surface area contributed by atoms with E-state index in [0.29, 0.717) is 6.29 Å². The Bertz CT molecular complexity index is 817. The van der Waals surface area contributed by atoms with Gasteiger partial charge in [-0.3, -0.25) is 10.6 Å². The maximum absolute atomic E-state index is 12.1. The monoisotopic (exact) mass is 320 g/mol. The molecule has 8 heteroatoms. The highest BCUT2D eigenvalue weighted by Crippen LogP contribution is 2.20. The summed E-state index contributed by atoms with van der Waals surface area (Å²) < 4.78 is 28.9. The van der Waals surface area contributed by atoms with Crippen LogP contribution in [0, 0.1) is 0 Å². The van der Waals surface area contributed by atoms with Gasteiger partial charge in [-0.2, -0.15) is 8.42 Å². The van der Waals surface area contributed by atoms with Crippen molar-refractivity contribution in [2.24, 2.45) is 5.84 Å². The minimum atomic E-state index is -4.42. The fourth-order valence-electron chi connectivity index (χ4n) is 1.78. The zero-order valence-electron chi connectivity index (χ0n) is 11.2. The quantitative estimate of drug-likeness (QED) is 0.369. The first-order valence-corrected chi connectivity index (χ1v) is 7.49. The van der Waals surface area contributed by atoms with E-state index in [1.807, 2.05) is 0 Å². The van der Waals surface area contributed by atoms with E-state index >= 15 is 0 Å². The Labute approximate surface area is 126 Å². The molecular formula is C14H12N2O5S. The lowest BCUT2D eigenvalue weighted by Gasteiger charge is -2.10. The molecule has 22 heavy (non-hydrogen) atoms. The molecule has 114 valence electrons. The number of carbonyl (C=O) groups excluding carboxylic acids is 2. The summed E-state index contributed by atoms with van der Waals surface area (Å²) in [7, 11) is -4.42. The Kier molecular flexibility index (Phi) is 4.54. The number of hydrazine groups is 1. The predicted molar refractivity (Wildman–Crippen MR) is 78.7 cm³/mol. The number of benzene rings is 2. The second-order valence-electron chi connectivity index (χ2n) is 4.17. The molecular weight excluding hydrogens is 308 g/mol. The van der Waals surface area contributed by atoms with Crippen molar-refractivity contribution in [3.05, 3.63) is 59.7 Å². The number of rotatable bonds is 5. The number of para-hydroxylation sites is 1. The molecule has 0 heterocycles. The van der Waals surface area contributed by atoms with E-state index in [2.05, 4.69) is 9.61 Å². The van der Waals surface area contributed by atoms with E-state index in [4.69, 9.17) is 5.84 Å². The first-order valence-electron chi connectivity index (χ1n) is 6.08. The van der Waals surface area contributed by atoms with E-state index in [1.165, 1.54) is 42.5 Å². The van der Waals surface area contributed by atoms with Gasteiger partial charge in [-0.15, -0.1) is 0 Å². The van der Waals surface area contributed by atoms with Gasteiger partial charge < -0.3 is 9.61 Å². The maximum atomic E-state index is 12.1. The van der Waals surface area contributed by atoms with E-state index < -0.39 is 16.1 Å². The fraction of sp³-hybridized carbons (Fsp3) is 0. The third-order valence-electron chi connectivity index (χ3n) is 2.80. The van der Waals surface area contributed by atoms with Crippen molar-refractivity contribution in [3.8, 4) is 0 Å². The van der Waals surface area contributed by atoms with Crippen molar-refractivity contribution >= 4 is 28.1 Å². The molecule has 0 spiro atoms. The van der Waals surface area contributed by atoms with E-state index in [-0.39, 0.29) is 21.7 Å². The minimum Gasteiger partial charge on any atom is -0.338 e. The second kappa shape index (κ2) is 6.37. The second-order valence-corrected chi connectivity index (χ2v) is 5.69. The summed E-state index contributed by atoms with van der Waals surface area (Å²) >= 11 is 0. The first kappa shape index (κ1) is 15.7. The summed E-state index contributed by atoms with van der Waals surface area (Å²) in [6, 6.07) is 11.4. The molecule has 0 fully saturated rings. The number of nitrogens with one attached hydrogen (secondary N) is 1. The summed E-state index contributed by atoms with van der Waals surface area (Å²) in [6.45, 7) is 0. The average molecular weight is 320 g/mol. The number of anilines is 1. The normalized spacial score (nSPS) is 10.8. The Morgan fingerprint density at radius 1 is 1.09 bits per heavy atom. The third-order valence-corrected chi connectivity index (χ3v) is 4.08. The van der Waals surface area contributed by atoms with Crippen LogP contribution in [0.1, 0.15) is 20.7 Å². The van der Waals surface area contributed by atoms with Gasteiger partial charge in [0.1, 0.15) is 4.90 Å². The molecule has 0 bridgehead atoms. The molecule has 0 amide bonds. The van der Waals surface area contributed by atoms with Crippen molar-refractivity contribution in [2.45, 2.75) is 4.90 Å². The molecule has 0 saturated carbocycles. The van der Waals surface area contributed by atoms with Gasteiger partial charge in [0, 0.05) is 5.56 Å². The number of hydrogen-bond acceptors (Lipinski definition) is 7. The summed E-state index contributed by atoms with van der Waals surface area (Å²) in [5.74, 6) is 4.15. The molecule has 0 aromatic heterocycles. The molecule has 0 aliphatic carbocycles. The minimum absolute atomic E-state index is 0.0443. The van der Waals surface area contributed by atoms with Crippen molar-refractivity contribution in [2.75, 3.05) is 5.43 Å². The molecule has 0 unspecified atom stereocenters. The molecule has 2 rings (SSSR count). The highest BCUT2D eigenvalue weighted by atomic mass is 32.2. The molecule has 0 saturated heterocycles. The average Bonchev–Trinajstić information content (AvgIpc) is 2.54. The molecule has 0 atom stereocenters. The standard InChI is InChI=1S/C14H12N2O5S/c15-16-12-7-3-2-6-11(12)14(18)21-22(19,20)13-8-4-1-5-10(13)9-17/h1-9,16H,15H2. The Balaban J connectivity index is 2.36. The van der Waals surface area contributed by atoms with E-state index in [0.717, 1.165) is 0 Å². The van der Waals surface area contributed by atoms with Crippen LogP contribution in [0.4, 0.5) is 5.69 Å². The van der Waals surface area contributed by atoms with Crippen LogP contribution in [-0.4, -0.2) is 20.7 Å². The summed E-state index contributed by atoms with van der Waals surface area (Å²) in [4.78, 5) is 22.5. The van der Waals surface area contributed by atoms with Crippen LogP contribution >= 0.6 is 0 Å². The van der Waals surface area contributed by atoms with E-state index in [9.17, 15) is 18.0 Å². The molecule has 0 radical (unpaired) electrons. The van der Waals surface area contributed by atoms with Crippen LogP contribution in [0.15, 0.2) is 53.4 Å². The van der Waals surface area contributed by atoms with Crippen LogP contribution in [0.5, 0.6) is 0 Å². The van der Waals surface area contributed by atoms with Gasteiger partial charge in [0.25, 0.3) is 0 Å². The van der Waals surface area contributed by atoms with Gasteiger partial charge in [0.05, 0.1) is 11.3 Å². The Hall–Kier alpha value is -2.71. The molecule has 0 aliphatic rings. The SMILES string of the molecule is NNc1ccccc1C(=O)OS(=O)(=O)c1ccccc1C=O. The van der Waals surface area contributed by atoms with Crippen LogP contribution < -0.4 is 11.3 Å². The molecule has 3 N–H and O–H groups in total. The molecule has 7 nitrogen and oxygen atoms in total. The Morgan fingerprint density at radius 3 is 2.41 bits per heavy atom. The zero-order valence-corrected chi connectivity index (χ0v) is 12.0. The number of nitrogens with two attached hydrogens (primary N) is 1. The lowest BCUT2D eigenvalue weighted by molar-refractivity contribution is 0.0747.